The van der Waals surface area contributed by atoms with Crippen LogP contribution in [0.5, 0.6) is 0 Å². The van der Waals surface area contributed by atoms with Gasteiger partial charge in [-0.25, -0.2) is 18.4 Å². The molecule has 0 aliphatic carbocycles. The van der Waals surface area contributed by atoms with Gasteiger partial charge in [-0.15, -0.1) is 0 Å². The van der Waals surface area contributed by atoms with E-state index in [1.807, 2.05) is 6.92 Å². The van der Waals surface area contributed by atoms with E-state index < -0.39 is 27.6 Å². The SMILES string of the molecule is CCC(CO)N(C)C(=O)c1cccc(Nc2ncc(C(F)(F)F)c(NCc3cccnc3N(C)S(C)(=O)=O)n2)c1. The summed E-state index contributed by atoms with van der Waals surface area (Å²) in [4.78, 5) is 26.1. The number of hydrogen-bond donors (Lipinski definition) is 3. The normalized spacial score (nSPS) is 12.5. The van der Waals surface area contributed by atoms with Crippen LogP contribution >= 0.6 is 0 Å². The van der Waals surface area contributed by atoms with Gasteiger partial charge in [-0.3, -0.25) is 9.10 Å². The molecule has 3 aromatic rings. The van der Waals surface area contributed by atoms with Gasteiger partial charge in [-0.05, 0) is 30.7 Å². The summed E-state index contributed by atoms with van der Waals surface area (Å²) in [5.41, 5.74) is -0.157. The number of hydrogen-bond acceptors (Lipinski definition) is 9. The van der Waals surface area contributed by atoms with Crippen LogP contribution in [0.2, 0.25) is 0 Å². The Balaban J connectivity index is 1.89. The molecule has 0 saturated carbocycles. The Labute approximate surface area is 230 Å². The number of halogens is 3. The van der Waals surface area contributed by atoms with Gasteiger partial charge in [0.2, 0.25) is 16.0 Å². The number of anilines is 4. The summed E-state index contributed by atoms with van der Waals surface area (Å²) in [7, 11) is -0.805. The molecule has 2 aromatic heterocycles. The van der Waals surface area contributed by atoms with Crippen molar-refractivity contribution in [3.63, 3.8) is 0 Å². The maximum Gasteiger partial charge on any atom is 0.421 e. The Kier molecular flexibility index (Phi) is 9.52. The average molecular weight is 582 g/mol. The number of benzene rings is 1. The third-order valence-corrected chi connectivity index (χ3v) is 7.29. The number of alkyl halides is 3. The number of amides is 1. The summed E-state index contributed by atoms with van der Waals surface area (Å²) in [6.07, 6.45) is -1.24. The number of rotatable bonds is 11. The van der Waals surface area contributed by atoms with E-state index in [4.69, 9.17) is 0 Å². The number of sulfonamides is 1. The van der Waals surface area contributed by atoms with E-state index in [0.29, 0.717) is 29.4 Å². The maximum atomic E-state index is 13.7. The Morgan fingerprint density at radius 2 is 1.88 bits per heavy atom. The predicted octanol–water partition coefficient (Wildman–Crippen LogP) is 3.48. The standard InChI is InChI=1S/C25H30F3N7O4S/c1-5-19(15-36)34(2)23(37)16-8-6-10-18(12-16)32-24-31-14-20(25(26,27)28)21(33-24)30-13-17-9-7-11-29-22(17)35(3)40(4,38)39/h6-12,14,19,36H,5,13,15H2,1-4H3,(H2,30,31,32,33). The molecule has 0 fully saturated rings. The Bertz CT molecular complexity index is 1450. The van der Waals surface area contributed by atoms with E-state index in [0.717, 1.165) is 10.6 Å². The molecular weight excluding hydrogens is 551 g/mol. The second kappa shape index (κ2) is 12.5. The molecule has 0 bridgehead atoms. The molecular formula is C25H30F3N7O4S. The summed E-state index contributed by atoms with van der Waals surface area (Å²) < 4.78 is 66.1. The highest BCUT2D eigenvalue weighted by Crippen LogP contribution is 2.34. The first kappa shape index (κ1) is 30.6. The van der Waals surface area contributed by atoms with Gasteiger partial charge in [0, 0.05) is 49.8 Å². The van der Waals surface area contributed by atoms with Crippen molar-refractivity contribution in [1.82, 2.24) is 19.9 Å². The zero-order chi connectivity index (χ0) is 29.7. The van der Waals surface area contributed by atoms with Crippen LogP contribution < -0.4 is 14.9 Å². The molecule has 0 aliphatic rings. The number of aliphatic hydroxyl groups is 1. The monoisotopic (exact) mass is 581 g/mol. The van der Waals surface area contributed by atoms with Crippen LogP contribution in [0, 0.1) is 0 Å². The molecule has 15 heteroatoms. The molecule has 0 aliphatic heterocycles. The molecule has 216 valence electrons. The van der Waals surface area contributed by atoms with Crippen molar-refractivity contribution in [3.05, 3.63) is 65.5 Å². The van der Waals surface area contributed by atoms with Crippen LogP contribution in [0.3, 0.4) is 0 Å². The molecule has 1 aromatic carbocycles. The summed E-state index contributed by atoms with van der Waals surface area (Å²) in [6.45, 7) is 1.43. The lowest BCUT2D eigenvalue weighted by molar-refractivity contribution is -0.137. The van der Waals surface area contributed by atoms with Gasteiger partial charge in [-0.1, -0.05) is 19.1 Å². The Hall–Kier alpha value is -3.98. The topological polar surface area (TPSA) is 141 Å². The van der Waals surface area contributed by atoms with Gasteiger partial charge >= 0.3 is 6.18 Å². The lowest BCUT2D eigenvalue weighted by Crippen LogP contribution is -2.39. The minimum Gasteiger partial charge on any atom is -0.394 e. The highest BCUT2D eigenvalue weighted by atomic mass is 32.2. The number of likely N-dealkylation sites (N-methyl/N-ethyl adjacent to an activating group) is 1. The van der Waals surface area contributed by atoms with E-state index in [2.05, 4.69) is 25.6 Å². The zero-order valence-electron chi connectivity index (χ0n) is 22.3. The van der Waals surface area contributed by atoms with E-state index in [1.54, 1.807) is 25.2 Å². The number of carbonyl (C=O) groups is 1. The Morgan fingerprint density at radius 1 is 1.15 bits per heavy atom. The van der Waals surface area contributed by atoms with Gasteiger partial charge in [-0.2, -0.15) is 18.2 Å². The quantitative estimate of drug-likeness (QED) is 0.310. The molecule has 1 amide bonds. The second-order valence-electron chi connectivity index (χ2n) is 8.89. The second-order valence-corrected chi connectivity index (χ2v) is 10.9. The summed E-state index contributed by atoms with van der Waals surface area (Å²) in [6, 6.07) is 8.96. The van der Waals surface area contributed by atoms with Crippen molar-refractivity contribution in [2.45, 2.75) is 32.1 Å². The maximum absolute atomic E-state index is 13.7. The third kappa shape index (κ3) is 7.35. The first-order valence-corrected chi connectivity index (χ1v) is 13.9. The van der Waals surface area contributed by atoms with E-state index in [1.165, 1.54) is 36.3 Å². The van der Waals surface area contributed by atoms with Crippen LogP contribution in [-0.2, 0) is 22.7 Å². The molecule has 1 atom stereocenters. The van der Waals surface area contributed by atoms with Crippen LogP contribution in [0.4, 0.5) is 36.4 Å². The first-order chi connectivity index (χ1) is 18.8. The largest absolute Gasteiger partial charge is 0.421 e. The highest BCUT2D eigenvalue weighted by Gasteiger charge is 2.35. The molecule has 0 radical (unpaired) electrons. The summed E-state index contributed by atoms with van der Waals surface area (Å²) >= 11 is 0. The first-order valence-electron chi connectivity index (χ1n) is 12.1. The van der Waals surface area contributed by atoms with Crippen LogP contribution in [-0.4, -0.2) is 72.3 Å². The molecule has 40 heavy (non-hydrogen) atoms. The van der Waals surface area contributed by atoms with Gasteiger partial charge in [0.15, 0.2) is 0 Å². The van der Waals surface area contributed by atoms with Crippen LogP contribution in [0.25, 0.3) is 0 Å². The van der Waals surface area contributed by atoms with Crippen molar-refractivity contribution in [2.75, 3.05) is 41.9 Å². The van der Waals surface area contributed by atoms with Gasteiger partial charge < -0.3 is 20.6 Å². The number of carbonyl (C=O) groups excluding carboxylic acids is 1. The lowest BCUT2D eigenvalue weighted by atomic mass is 10.1. The van der Waals surface area contributed by atoms with Crippen LogP contribution in [0.15, 0.2) is 48.8 Å². The third-order valence-electron chi connectivity index (χ3n) is 6.12. The predicted molar refractivity (Wildman–Crippen MR) is 145 cm³/mol. The van der Waals surface area contributed by atoms with Crippen LogP contribution in [0.1, 0.15) is 34.8 Å². The van der Waals surface area contributed by atoms with Gasteiger partial charge in [0.1, 0.15) is 17.2 Å². The number of pyridine rings is 1. The van der Waals surface area contributed by atoms with E-state index in [9.17, 15) is 31.5 Å². The smallest absolute Gasteiger partial charge is 0.394 e. The number of aliphatic hydroxyl groups excluding tert-OH is 1. The zero-order valence-corrected chi connectivity index (χ0v) is 23.1. The number of nitrogens with one attached hydrogen (secondary N) is 2. The fourth-order valence-corrected chi connectivity index (χ4v) is 4.20. The fourth-order valence-electron chi connectivity index (χ4n) is 3.73. The summed E-state index contributed by atoms with van der Waals surface area (Å²) in [5, 5.41) is 14.9. The van der Waals surface area contributed by atoms with Crippen molar-refractivity contribution in [1.29, 1.82) is 0 Å². The molecule has 1 unspecified atom stereocenters. The minimum absolute atomic E-state index is 0.0522. The van der Waals surface area contributed by atoms with E-state index >= 15 is 0 Å². The Morgan fingerprint density at radius 3 is 2.50 bits per heavy atom. The van der Waals surface area contributed by atoms with Crippen molar-refractivity contribution in [3.8, 4) is 0 Å². The number of nitrogens with zero attached hydrogens (tertiary/aromatic N) is 5. The molecule has 11 nitrogen and oxygen atoms in total. The molecule has 0 spiro atoms. The summed E-state index contributed by atoms with van der Waals surface area (Å²) in [5.74, 6) is -1.000. The minimum atomic E-state index is -4.78. The average Bonchev–Trinajstić information content (AvgIpc) is 2.91. The number of aromatic nitrogens is 3. The van der Waals surface area contributed by atoms with E-state index in [-0.39, 0.29) is 36.9 Å². The van der Waals surface area contributed by atoms with Crippen molar-refractivity contribution < 1.29 is 31.5 Å². The fraction of sp³-hybridized carbons (Fsp3) is 0.360. The highest BCUT2D eigenvalue weighted by molar-refractivity contribution is 7.92. The molecule has 3 N–H and O–H groups in total. The van der Waals surface area contributed by atoms with Crippen molar-refractivity contribution >= 4 is 39.2 Å². The van der Waals surface area contributed by atoms with Gasteiger partial charge in [0.25, 0.3) is 5.91 Å². The molecule has 3 rings (SSSR count). The molecule has 0 saturated heterocycles. The molecule has 2 heterocycles. The lowest BCUT2D eigenvalue weighted by Gasteiger charge is -2.25. The van der Waals surface area contributed by atoms with Gasteiger partial charge in [0.05, 0.1) is 18.9 Å². The van der Waals surface area contributed by atoms with Crippen molar-refractivity contribution in [2.24, 2.45) is 0 Å².